The average molecular weight is 570 g/mol. The minimum atomic E-state index is -8.97. The van der Waals surface area contributed by atoms with E-state index in [-0.39, 0.29) is 6.42 Å². The maximum atomic E-state index is 13.5. The monoisotopic (exact) mass is 570 g/mol. The molecule has 0 saturated heterocycles. The van der Waals surface area contributed by atoms with E-state index in [2.05, 4.69) is 4.74 Å². The van der Waals surface area contributed by atoms with Crippen molar-refractivity contribution >= 4 is 5.97 Å². The SMILES string of the molecule is CCCC(=O)OCC(F)(F)C(F)(F)C(F)(F)C(F)(F)C(F)(F)C(F)(F)C(F)(F)C(F)(F)C(F)(F)F. The Balaban J connectivity index is 6.66. The highest BCUT2D eigenvalue weighted by molar-refractivity contribution is 5.69. The molecule has 0 aliphatic rings. The fourth-order valence-electron chi connectivity index (χ4n) is 1.93. The average Bonchev–Trinajstić information content (AvgIpc) is 2.64. The summed E-state index contributed by atoms with van der Waals surface area (Å²) >= 11 is 0. The van der Waals surface area contributed by atoms with Crippen molar-refractivity contribution in [1.82, 2.24) is 0 Å². The Labute approximate surface area is 180 Å². The summed E-state index contributed by atoms with van der Waals surface area (Å²) in [6.45, 7) is -2.17. The largest absolute Gasteiger partial charge is 0.460 e. The Morgan fingerprint density at radius 3 is 1.09 bits per heavy atom. The fraction of sp³-hybridized carbons (Fsp3) is 0.929. The quantitative estimate of drug-likeness (QED) is 0.198. The first-order valence-electron chi connectivity index (χ1n) is 8.20. The van der Waals surface area contributed by atoms with Crippen molar-refractivity contribution < 1.29 is 92.9 Å². The van der Waals surface area contributed by atoms with Crippen molar-refractivity contribution in [3.05, 3.63) is 0 Å². The molecule has 0 aromatic rings. The topological polar surface area (TPSA) is 26.3 Å². The van der Waals surface area contributed by atoms with Crippen molar-refractivity contribution in [2.75, 3.05) is 6.61 Å². The number of esters is 1. The smallest absolute Gasteiger partial charge is 0.459 e. The second kappa shape index (κ2) is 8.91. The van der Waals surface area contributed by atoms with E-state index in [1.807, 2.05) is 0 Å². The zero-order valence-corrected chi connectivity index (χ0v) is 16.1. The van der Waals surface area contributed by atoms with Gasteiger partial charge in [-0.2, -0.15) is 83.4 Å². The van der Waals surface area contributed by atoms with E-state index in [1.54, 1.807) is 0 Å². The minimum Gasteiger partial charge on any atom is -0.459 e. The van der Waals surface area contributed by atoms with E-state index in [1.165, 1.54) is 0 Å². The Hall–Kier alpha value is -1.86. The first-order chi connectivity index (χ1) is 15.0. The molecule has 0 unspecified atom stereocenters. The second-order valence-electron chi connectivity index (χ2n) is 6.63. The molecule has 0 aromatic carbocycles. The van der Waals surface area contributed by atoms with Crippen LogP contribution in [0.5, 0.6) is 0 Å². The Bertz CT molecular complexity index is 766. The Morgan fingerprint density at radius 2 is 0.800 bits per heavy atom. The van der Waals surface area contributed by atoms with E-state index in [4.69, 9.17) is 0 Å². The van der Waals surface area contributed by atoms with Crippen LogP contribution < -0.4 is 0 Å². The van der Waals surface area contributed by atoms with Gasteiger partial charge in [0.25, 0.3) is 0 Å². The third-order valence-corrected chi connectivity index (χ3v) is 4.05. The van der Waals surface area contributed by atoms with Gasteiger partial charge in [0.05, 0.1) is 0 Å². The standard InChI is InChI=1S/C14H9F19O2/c1-2-3-5(34)35-4-6(15,16)7(17,18)8(19,20)9(21,22)10(23,24)11(25,26)12(27,28)13(29,30)14(31,32)33/h2-4H2,1H3. The van der Waals surface area contributed by atoms with Crippen LogP contribution in [0.25, 0.3) is 0 Å². The predicted octanol–water partition coefficient (Wildman–Crippen LogP) is 6.97. The van der Waals surface area contributed by atoms with Gasteiger partial charge in [-0.25, -0.2) is 0 Å². The van der Waals surface area contributed by atoms with Gasteiger partial charge in [-0.15, -0.1) is 0 Å². The van der Waals surface area contributed by atoms with Gasteiger partial charge in [-0.05, 0) is 6.42 Å². The van der Waals surface area contributed by atoms with Gasteiger partial charge in [0.15, 0.2) is 6.61 Å². The Kier molecular flexibility index (Phi) is 8.44. The third-order valence-electron chi connectivity index (χ3n) is 4.05. The zero-order chi connectivity index (χ0) is 28.9. The zero-order valence-electron chi connectivity index (χ0n) is 16.1. The van der Waals surface area contributed by atoms with Crippen LogP contribution >= 0.6 is 0 Å². The van der Waals surface area contributed by atoms with Crippen molar-refractivity contribution in [1.29, 1.82) is 0 Å². The molecule has 0 spiro atoms. The number of ether oxygens (including phenoxy) is 1. The van der Waals surface area contributed by atoms with E-state index in [0.29, 0.717) is 0 Å². The van der Waals surface area contributed by atoms with Gasteiger partial charge >= 0.3 is 59.5 Å². The highest BCUT2D eigenvalue weighted by atomic mass is 19.4. The molecule has 2 nitrogen and oxygen atoms in total. The summed E-state index contributed by atoms with van der Waals surface area (Å²) in [4.78, 5) is 10.8. The van der Waals surface area contributed by atoms with Crippen LogP contribution in [-0.2, 0) is 9.53 Å². The molecule has 0 atom stereocenters. The number of halogens is 19. The molecule has 210 valence electrons. The molecule has 0 amide bonds. The van der Waals surface area contributed by atoms with Gasteiger partial charge in [-0.1, -0.05) is 6.92 Å². The molecule has 0 saturated carbocycles. The lowest BCUT2D eigenvalue weighted by atomic mass is 9.87. The number of rotatable bonds is 11. The summed E-state index contributed by atoms with van der Waals surface area (Å²) in [5, 5.41) is 0. The van der Waals surface area contributed by atoms with Crippen LogP contribution in [0.1, 0.15) is 19.8 Å². The number of carbonyl (C=O) groups is 1. The lowest BCUT2D eigenvalue weighted by Gasteiger charge is -2.43. The summed E-state index contributed by atoms with van der Waals surface area (Å²) in [5.74, 6) is -69.1. The third kappa shape index (κ3) is 4.66. The predicted molar refractivity (Wildman–Crippen MR) is 71.5 cm³/mol. The molecule has 0 rings (SSSR count). The number of hydrogen-bond acceptors (Lipinski definition) is 2. The number of carbonyl (C=O) groups excluding carboxylic acids is 1. The lowest BCUT2D eigenvalue weighted by molar-refractivity contribution is -0.469. The van der Waals surface area contributed by atoms with Gasteiger partial charge in [0.2, 0.25) is 0 Å². The van der Waals surface area contributed by atoms with E-state index in [9.17, 15) is 88.2 Å². The maximum absolute atomic E-state index is 13.5. The van der Waals surface area contributed by atoms with Gasteiger partial charge in [-0.3, -0.25) is 4.79 Å². The summed E-state index contributed by atoms with van der Waals surface area (Å²) in [6.07, 6.45) is -9.08. The van der Waals surface area contributed by atoms with Crippen molar-refractivity contribution in [2.24, 2.45) is 0 Å². The highest BCUT2D eigenvalue weighted by Gasteiger charge is 2.96. The molecule has 35 heavy (non-hydrogen) atoms. The van der Waals surface area contributed by atoms with Gasteiger partial charge < -0.3 is 4.74 Å². The second-order valence-corrected chi connectivity index (χ2v) is 6.63. The molecule has 0 radical (unpaired) electrons. The molecule has 0 fully saturated rings. The Morgan fingerprint density at radius 1 is 0.514 bits per heavy atom. The minimum absolute atomic E-state index is 0.271. The summed E-state index contributed by atoms with van der Waals surface area (Å²) in [7, 11) is 0. The molecular formula is C14H9F19O2. The lowest BCUT2D eigenvalue weighted by Crippen LogP contribution is -2.76. The van der Waals surface area contributed by atoms with Gasteiger partial charge in [0.1, 0.15) is 0 Å². The summed E-state index contributed by atoms with van der Waals surface area (Å²) in [6, 6.07) is 0. The van der Waals surface area contributed by atoms with Gasteiger partial charge in [0, 0.05) is 6.42 Å². The molecule has 0 heterocycles. The van der Waals surface area contributed by atoms with Crippen molar-refractivity contribution in [2.45, 2.75) is 73.3 Å². The van der Waals surface area contributed by atoms with Crippen LogP contribution in [-0.4, -0.2) is 66.1 Å². The molecule has 21 heteroatoms. The molecule has 0 aliphatic carbocycles. The van der Waals surface area contributed by atoms with Crippen LogP contribution in [0.4, 0.5) is 83.4 Å². The summed E-state index contributed by atoms with van der Waals surface area (Å²) < 4.78 is 251. The molecular weight excluding hydrogens is 561 g/mol. The van der Waals surface area contributed by atoms with E-state index >= 15 is 0 Å². The van der Waals surface area contributed by atoms with Crippen molar-refractivity contribution in [3.63, 3.8) is 0 Å². The highest BCUT2D eigenvalue weighted by Crippen LogP contribution is 2.65. The summed E-state index contributed by atoms with van der Waals surface area (Å²) in [5.41, 5.74) is 0. The molecule has 0 aromatic heterocycles. The van der Waals surface area contributed by atoms with Crippen LogP contribution in [0, 0.1) is 0 Å². The fourth-order valence-corrected chi connectivity index (χ4v) is 1.93. The molecule has 0 aliphatic heterocycles. The van der Waals surface area contributed by atoms with E-state index < -0.39 is 72.6 Å². The normalized spacial score (nSPS) is 15.9. The maximum Gasteiger partial charge on any atom is 0.460 e. The number of hydrogen-bond donors (Lipinski definition) is 0. The number of alkyl halides is 19. The molecule has 0 N–H and O–H groups in total. The van der Waals surface area contributed by atoms with Crippen LogP contribution in [0.2, 0.25) is 0 Å². The molecule has 0 bridgehead atoms. The van der Waals surface area contributed by atoms with E-state index in [0.717, 1.165) is 6.92 Å². The van der Waals surface area contributed by atoms with Crippen LogP contribution in [0.15, 0.2) is 0 Å². The van der Waals surface area contributed by atoms with Crippen molar-refractivity contribution in [3.8, 4) is 0 Å². The van der Waals surface area contributed by atoms with Crippen LogP contribution in [0.3, 0.4) is 0 Å². The first kappa shape index (κ1) is 33.1. The first-order valence-corrected chi connectivity index (χ1v) is 8.20.